The van der Waals surface area contributed by atoms with Crippen molar-refractivity contribution in [2.24, 2.45) is 10.7 Å². The summed E-state index contributed by atoms with van der Waals surface area (Å²) < 4.78 is 0. The van der Waals surface area contributed by atoms with Gasteiger partial charge in [-0.1, -0.05) is 38.5 Å². The van der Waals surface area contributed by atoms with Crippen LogP contribution < -0.4 is 11.1 Å². The molecule has 0 aliphatic heterocycles. The normalized spacial score (nSPS) is 12.6. The second-order valence-corrected chi connectivity index (χ2v) is 5.76. The quantitative estimate of drug-likeness (QED) is 0.245. The number of halogens is 1. The Morgan fingerprint density at radius 1 is 1.37 bits per heavy atom. The van der Waals surface area contributed by atoms with E-state index in [-0.39, 0.29) is 24.0 Å². The maximum Gasteiger partial charge on any atom is 0.188 e. The third-order valence-corrected chi connectivity index (χ3v) is 3.53. The number of nitrogens with one attached hydrogen (secondary N) is 1. The van der Waals surface area contributed by atoms with Crippen LogP contribution in [0.4, 0.5) is 0 Å². The van der Waals surface area contributed by atoms with E-state index in [0.29, 0.717) is 11.2 Å². The summed E-state index contributed by atoms with van der Waals surface area (Å²) in [6, 6.07) is 10.4. The van der Waals surface area contributed by atoms with Crippen LogP contribution in [0.3, 0.4) is 0 Å². The van der Waals surface area contributed by atoms with Crippen molar-refractivity contribution >= 4 is 41.7 Å². The molecule has 0 spiro atoms. The lowest BCUT2D eigenvalue weighted by Gasteiger charge is -2.09. The van der Waals surface area contributed by atoms with Crippen LogP contribution in [0.2, 0.25) is 0 Å². The zero-order valence-corrected chi connectivity index (χ0v) is 14.8. The number of aliphatic imine (C=N–C) groups is 1. The first kappa shape index (κ1) is 18.6. The summed E-state index contributed by atoms with van der Waals surface area (Å²) in [7, 11) is 0. The van der Waals surface area contributed by atoms with Crippen molar-refractivity contribution in [3.63, 3.8) is 0 Å². The van der Waals surface area contributed by atoms with E-state index in [0.717, 1.165) is 19.5 Å². The van der Waals surface area contributed by atoms with Crippen LogP contribution in [0.25, 0.3) is 0 Å². The van der Waals surface area contributed by atoms with E-state index in [1.807, 2.05) is 17.8 Å². The first-order valence-electron chi connectivity index (χ1n) is 6.48. The molecule has 0 radical (unpaired) electrons. The average molecular weight is 393 g/mol. The maximum atomic E-state index is 5.79. The topological polar surface area (TPSA) is 50.4 Å². The largest absolute Gasteiger partial charge is 0.370 e. The molecule has 19 heavy (non-hydrogen) atoms. The molecular weight excluding hydrogens is 369 g/mol. The highest BCUT2D eigenvalue weighted by Crippen LogP contribution is 2.22. The van der Waals surface area contributed by atoms with E-state index >= 15 is 0 Å². The van der Waals surface area contributed by atoms with Crippen LogP contribution in [0.15, 0.2) is 40.2 Å². The van der Waals surface area contributed by atoms with Crippen molar-refractivity contribution in [3.8, 4) is 0 Å². The van der Waals surface area contributed by atoms with Crippen LogP contribution in [0.5, 0.6) is 0 Å². The van der Waals surface area contributed by atoms with Crippen LogP contribution in [-0.2, 0) is 0 Å². The molecule has 0 aliphatic carbocycles. The number of nitrogens with zero attached hydrogens (tertiary/aromatic N) is 1. The van der Waals surface area contributed by atoms with Gasteiger partial charge >= 0.3 is 0 Å². The Morgan fingerprint density at radius 3 is 2.68 bits per heavy atom. The Hall–Kier alpha value is -0.430. The van der Waals surface area contributed by atoms with E-state index in [1.54, 1.807) is 0 Å². The predicted molar refractivity (Wildman–Crippen MR) is 96.6 cm³/mol. The van der Waals surface area contributed by atoms with Gasteiger partial charge in [-0.3, -0.25) is 4.99 Å². The summed E-state index contributed by atoms with van der Waals surface area (Å²) in [5, 5.41) is 3.55. The third kappa shape index (κ3) is 9.15. The first-order valence-corrected chi connectivity index (χ1v) is 7.35. The van der Waals surface area contributed by atoms with Gasteiger partial charge < -0.3 is 11.1 Å². The van der Waals surface area contributed by atoms with Crippen molar-refractivity contribution in [1.29, 1.82) is 0 Å². The van der Waals surface area contributed by atoms with Gasteiger partial charge in [0.15, 0.2) is 5.96 Å². The average Bonchev–Trinajstić information content (AvgIpc) is 2.38. The van der Waals surface area contributed by atoms with E-state index in [1.165, 1.54) is 11.3 Å². The summed E-state index contributed by atoms with van der Waals surface area (Å²) in [4.78, 5) is 5.63. The number of thioether (sulfide) groups is 1. The number of hydrogen-bond donors (Lipinski definition) is 2. The van der Waals surface area contributed by atoms with Gasteiger partial charge in [0.05, 0.1) is 6.54 Å². The first-order chi connectivity index (χ1) is 8.72. The minimum absolute atomic E-state index is 0. The zero-order valence-electron chi connectivity index (χ0n) is 11.6. The molecule has 1 aromatic carbocycles. The molecule has 0 aromatic heterocycles. The highest BCUT2D eigenvalue weighted by Gasteiger charge is 2.03. The summed E-state index contributed by atoms with van der Waals surface area (Å²) in [6.45, 7) is 5.98. The number of guanidine groups is 1. The molecule has 5 heteroatoms. The van der Waals surface area contributed by atoms with Gasteiger partial charge in [0, 0.05) is 16.7 Å². The van der Waals surface area contributed by atoms with Gasteiger partial charge in [-0.15, -0.1) is 35.7 Å². The summed E-state index contributed by atoms with van der Waals surface area (Å²) in [5.74, 6) is 0.559. The predicted octanol–water partition coefficient (Wildman–Crippen LogP) is 3.49. The SMILES string of the molecule is CCCCNC(N)=NCC(C)Sc1ccccc1.I. The van der Waals surface area contributed by atoms with Crippen LogP contribution >= 0.6 is 35.7 Å². The van der Waals surface area contributed by atoms with Crippen LogP contribution in [-0.4, -0.2) is 24.3 Å². The fraction of sp³-hybridized carbons (Fsp3) is 0.500. The molecule has 1 atom stereocenters. The Morgan fingerprint density at radius 2 is 2.05 bits per heavy atom. The molecule has 108 valence electrons. The molecule has 0 fully saturated rings. The maximum absolute atomic E-state index is 5.79. The number of benzene rings is 1. The van der Waals surface area contributed by atoms with Gasteiger partial charge in [-0.05, 0) is 18.6 Å². The highest BCUT2D eigenvalue weighted by molar-refractivity contribution is 14.0. The molecule has 1 rings (SSSR count). The molecule has 1 unspecified atom stereocenters. The Balaban J connectivity index is 0.00000324. The standard InChI is InChI=1S/C14H23N3S.HI/c1-3-4-10-16-14(15)17-11-12(2)18-13-8-6-5-7-9-13;/h5-9,12H,3-4,10-11H2,1-2H3,(H3,15,16,17);1H. The van der Waals surface area contributed by atoms with E-state index < -0.39 is 0 Å². The number of hydrogen-bond acceptors (Lipinski definition) is 2. The van der Waals surface area contributed by atoms with Crippen molar-refractivity contribution in [1.82, 2.24) is 5.32 Å². The Bertz CT molecular complexity index is 357. The van der Waals surface area contributed by atoms with Gasteiger partial charge in [-0.2, -0.15) is 0 Å². The monoisotopic (exact) mass is 393 g/mol. The van der Waals surface area contributed by atoms with Crippen LogP contribution in [0, 0.1) is 0 Å². The molecule has 3 nitrogen and oxygen atoms in total. The lowest BCUT2D eigenvalue weighted by Crippen LogP contribution is -2.33. The molecular formula is C14H24IN3S. The second kappa shape index (κ2) is 11.4. The lowest BCUT2D eigenvalue weighted by molar-refractivity contribution is 0.747. The van der Waals surface area contributed by atoms with Gasteiger partial charge in [0.1, 0.15) is 0 Å². The number of nitrogens with two attached hydrogens (primary N) is 1. The fourth-order valence-corrected chi connectivity index (χ4v) is 2.37. The van der Waals surface area contributed by atoms with Crippen molar-refractivity contribution in [2.75, 3.05) is 13.1 Å². The molecule has 0 bridgehead atoms. The van der Waals surface area contributed by atoms with E-state index in [9.17, 15) is 0 Å². The molecule has 0 saturated carbocycles. The minimum Gasteiger partial charge on any atom is -0.370 e. The van der Waals surface area contributed by atoms with Crippen LogP contribution in [0.1, 0.15) is 26.7 Å². The Kier molecular flexibility index (Phi) is 11.1. The van der Waals surface area contributed by atoms with E-state index in [4.69, 9.17) is 5.73 Å². The van der Waals surface area contributed by atoms with Gasteiger partial charge in [-0.25, -0.2) is 0 Å². The van der Waals surface area contributed by atoms with Gasteiger partial charge in [0.2, 0.25) is 0 Å². The minimum atomic E-state index is 0. The Labute approximate surface area is 137 Å². The number of rotatable bonds is 7. The highest BCUT2D eigenvalue weighted by atomic mass is 127. The molecule has 0 heterocycles. The molecule has 0 saturated heterocycles. The van der Waals surface area contributed by atoms with Crippen molar-refractivity contribution < 1.29 is 0 Å². The summed E-state index contributed by atoms with van der Waals surface area (Å²) >= 11 is 1.82. The smallest absolute Gasteiger partial charge is 0.188 e. The summed E-state index contributed by atoms with van der Waals surface area (Å²) in [6.07, 6.45) is 2.30. The number of unbranched alkanes of at least 4 members (excludes halogenated alkanes) is 1. The molecule has 0 aliphatic rings. The third-order valence-electron chi connectivity index (χ3n) is 2.44. The van der Waals surface area contributed by atoms with E-state index in [2.05, 4.69) is 48.4 Å². The van der Waals surface area contributed by atoms with Gasteiger partial charge in [0.25, 0.3) is 0 Å². The second-order valence-electron chi connectivity index (χ2n) is 4.25. The molecule has 3 N–H and O–H groups in total. The zero-order chi connectivity index (χ0) is 13.2. The molecule has 1 aromatic rings. The lowest BCUT2D eigenvalue weighted by atomic mass is 10.3. The van der Waals surface area contributed by atoms with Crippen molar-refractivity contribution in [3.05, 3.63) is 30.3 Å². The molecule has 0 amide bonds. The van der Waals surface area contributed by atoms with Crippen molar-refractivity contribution in [2.45, 2.75) is 36.8 Å². The summed E-state index contributed by atoms with van der Waals surface area (Å²) in [5.41, 5.74) is 5.79. The fourth-order valence-electron chi connectivity index (χ4n) is 1.44.